The number of hydrogen-bond acceptors (Lipinski definition) is 18. The molecule has 4 rings (SSSR count). The number of phenolic OH excluding ortho intramolecular Hbond substituents is 2. The van der Waals surface area contributed by atoms with Gasteiger partial charge < -0.3 is 85.1 Å². The highest BCUT2D eigenvalue weighted by Crippen LogP contribution is 2.30. The number of benzene rings is 2. The summed E-state index contributed by atoms with van der Waals surface area (Å²) in [6.45, 7) is 5.67. The van der Waals surface area contributed by atoms with Gasteiger partial charge in [-0.1, -0.05) is 71.2 Å². The van der Waals surface area contributed by atoms with Crippen molar-refractivity contribution in [3.05, 3.63) is 59.7 Å². The van der Waals surface area contributed by atoms with Crippen molar-refractivity contribution < 1.29 is 87.5 Å². The lowest BCUT2D eigenvalue weighted by atomic mass is 9.80. The standard InChI is InChI=1S/C58H82N12O18S2/c1-29(2)21-37-49(78)66-39(23-32-11-15-34(72)16-12-32)53(82)70-58(18-7-6-8-19-58)57(88)68-41(25-43(59)73)52(81)69-46(30(3)4)54(83)61-26-44(74)62-36(17-20-89-5)48(77)65-38(22-31-9-13-33(71)14-10-31)50(79)67-42(47(60)76)27-90-28-45(75)63-40(51(80)64-37)24-35(55(84)85)56(86)87/h9-16,29-30,35-42,46,71-72H,6-8,17-28H2,1-5H3,(H2,59,73)(H2,60,76)(H,61,83)(H,62,74)(H,63,75)(H,64,80)(H,65,77)(H,66,78)(H,67,79)(H,68,88)(H,69,81)(H,70,82)(H,84,85)(H,86,87)/t36-,37-,38+,39+,40+,41+,42+,46-/m1/s1. The molecule has 0 aromatic heterocycles. The van der Waals surface area contributed by atoms with E-state index in [1.54, 1.807) is 34.0 Å². The zero-order valence-corrected chi connectivity index (χ0v) is 52.2. The number of rotatable bonds is 17. The highest BCUT2D eigenvalue weighted by molar-refractivity contribution is 8.00. The molecule has 1 aliphatic heterocycles. The molecule has 12 amide bonds. The van der Waals surface area contributed by atoms with E-state index in [2.05, 4.69) is 53.2 Å². The molecule has 1 heterocycles. The number of phenols is 2. The lowest BCUT2D eigenvalue weighted by molar-refractivity contribution is -0.155. The molecule has 494 valence electrons. The second-order valence-electron chi connectivity index (χ2n) is 22.8. The number of carboxylic acid groups (broad SMARTS) is 2. The van der Waals surface area contributed by atoms with Gasteiger partial charge in [0, 0.05) is 25.0 Å². The number of carboxylic acids is 2. The minimum atomic E-state index is -2.30. The lowest BCUT2D eigenvalue weighted by Crippen LogP contribution is -2.66. The molecule has 1 saturated carbocycles. The third-order valence-electron chi connectivity index (χ3n) is 14.7. The molecule has 0 unspecified atom stereocenters. The molecule has 1 saturated heterocycles. The number of amides is 12. The van der Waals surface area contributed by atoms with E-state index in [0.29, 0.717) is 42.2 Å². The van der Waals surface area contributed by atoms with Crippen molar-refractivity contribution in [2.75, 3.05) is 30.1 Å². The maximum absolute atomic E-state index is 14.8. The van der Waals surface area contributed by atoms with Crippen LogP contribution < -0.4 is 64.6 Å². The molecule has 2 aromatic rings. The van der Waals surface area contributed by atoms with Crippen LogP contribution in [0.1, 0.15) is 96.6 Å². The first-order valence-electron chi connectivity index (χ1n) is 29.1. The Balaban J connectivity index is 1.84. The van der Waals surface area contributed by atoms with Crippen LogP contribution in [-0.2, 0) is 80.0 Å². The quantitative estimate of drug-likeness (QED) is 0.0724. The molecule has 1 spiro atoms. The number of carbonyl (C=O) groups is 14. The first-order valence-corrected chi connectivity index (χ1v) is 31.6. The Hall–Kier alpha value is -8.68. The normalized spacial score (nSPS) is 23.7. The number of aliphatic carboxylic acids is 2. The smallest absolute Gasteiger partial charge is 0.317 e. The van der Waals surface area contributed by atoms with E-state index in [1.165, 1.54) is 60.3 Å². The molecular formula is C58H82N12O18S2. The van der Waals surface area contributed by atoms with Crippen LogP contribution in [0.15, 0.2) is 48.5 Å². The fourth-order valence-electron chi connectivity index (χ4n) is 9.83. The van der Waals surface area contributed by atoms with E-state index in [-0.39, 0.29) is 55.8 Å². The predicted molar refractivity (Wildman–Crippen MR) is 327 cm³/mol. The SMILES string of the molecule is CSCC[C@H]1NC(=O)CNC(=O)[C@@H](C(C)C)NC(=O)[C@H](CC(N)=O)NC(=O)C2(CCCCC2)NC(=O)[C@H](Cc2ccc(O)cc2)NC(=O)[C@@H](CC(C)C)NC(=O)[C@H](CC(C(=O)O)C(=O)O)NC(=O)CSC[C@@H](C(N)=O)NC(=O)[C@H](Cc2ccc(O)cc2)NC1=O. The molecule has 2 aliphatic rings. The van der Waals surface area contributed by atoms with Crippen molar-refractivity contribution in [2.24, 2.45) is 29.2 Å². The Labute approximate surface area is 527 Å². The topological polar surface area (TPSA) is 492 Å². The van der Waals surface area contributed by atoms with Crippen LogP contribution in [0.3, 0.4) is 0 Å². The Morgan fingerprint density at radius 3 is 1.58 bits per heavy atom. The molecule has 8 atom stereocenters. The molecule has 18 N–H and O–H groups in total. The second kappa shape index (κ2) is 35.5. The molecule has 30 nitrogen and oxygen atoms in total. The van der Waals surface area contributed by atoms with Crippen molar-refractivity contribution >= 4 is 106 Å². The van der Waals surface area contributed by atoms with Gasteiger partial charge in [-0.3, -0.25) is 67.1 Å². The van der Waals surface area contributed by atoms with Crippen LogP contribution in [-0.4, -0.2) is 187 Å². The summed E-state index contributed by atoms with van der Waals surface area (Å²) in [5.74, 6) is -20.4. The van der Waals surface area contributed by atoms with Crippen molar-refractivity contribution in [3.8, 4) is 11.5 Å². The van der Waals surface area contributed by atoms with Gasteiger partial charge in [-0.15, -0.1) is 11.8 Å². The minimum Gasteiger partial charge on any atom is -0.508 e. The Kier molecular flexibility index (Phi) is 29.1. The number of nitrogens with two attached hydrogens (primary N) is 2. The Morgan fingerprint density at radius 2 is 1.08 bits per heavy atom. The van der Waals surface area contributed by atoms with E-state index in [9.17, 15) is 87.5 Å². The largest absolute Gasteiger partial charge is 0.508 e. The highest BCUT2D eigenvalue weighted by atomic mass is 32.2. The summed E-state index contributed by atoms with van der Waals surface area (Å²) in [6.07, 6.45) is 0.345. The van der Waals surface area contributed by atoms with E-state index in [4.69, 9.17) is 11.5 Å². The third kappa shape index (κ3) is 23.7. The van der Waals surface area contributed by atoms with Crippen LogP contribution in [0.2, 0.25) is 0 Å². The van der Waals surface area contributed by atoms with Gasteiger partial charge in [0.1, 0.15) is 65.4 Å². The molecule has 2 aromatic carbocycles. The summed E-state index contributed by atoms with van der Waals surface area (Å²) in [5.41, 5.74) is 10.2. The van der Waals surface area contributed by atoms with Crippen LogP contribution >= 0.6 is 23.5 Å². The molecule has 90 heavy (non-hydrogen) atoms. The van der Waals surface area contributed by atoms with Gasteiger partial charge in [-0.2, -0.15) is 11.8 Å². The molecule has 32 heteroatoms. The number of hydrogen-bond donors (Lipinski definition) is 16. The predicted octanol–water partition coefficient (Wildman–Crippen LogP) is -2.57. The van der Waals surface area contributed by atoms with Crippen molar-refractivity contribution in [1.29, 1.82) is 0 Å². The summed E-state index contributed by atoms with van der Waals surface area (Å²) in [6, 6.07) is -1.79. The van der Waals surface area contributed by atoms with E-state index in [0.717, 1.165) is 0 Å². The fraction of sp³-hybridized carbons (Fsp3) is 0.552. The average Bonchev–Trinajstić information content (AvgIpc) is 1.26. The molecule has 1 aliphatic carbocycles. The molecule has 2 fully saturated rings. The first kappa shape index (κ1) is 73.8. The van der Waals surface area contributed by atoms with Crippen LogP contribution in [0.25, 0.3) is 0 Å². The van der Waals surface area contributed by atoms with E-state index in [1.807, 2.05) is 0 Å². The number of aromatic hydroxyl groups is 2. The monoisotopic (exact) mass is 1300 g/mol. The number of nitrogens with one attached hydrogen (secondary N) is 10. The first-order chi connectivity index (χ1) is 42.4. The number of thioether (sulfide) groups is 2. The summed E-state index contributed by atoms with van der Waals surface area (Å²) in [7, 11) is 0. The number of carbonyl (C=O) groups excluding carboxylic acids is 12. The Bertz CT molecular complexity index is 2920. The number of primary amides is 2. The lowest BCUT2D eigenvalue weighted by Gasteiger charge is -2.39. The van der Waals surface area contributed by atoms with Crippen LogP contribution in [0.5, 0.6) is 11.5 Å². The van der Waals surface area contributed by atoms with E-state index < -0.39 is 185 Å². The van der Waals surface area contributed by atoms with Crippen molar-refractivity contribution in [3.63, 3.8) is 0 Å². The van der Waals surface area contributed by atoms with Crippen molar-refractivity contribution in [1.82, 2.24) is 53.2 Å². The summed E-state index contributed by atoms with van der Waals surface area (Å²) >= 11 is 1.98. The highest BCUT2D eigenvalue weighted by Gasteiger charge is 2.45. The van der Waals surface area contributed by atoms with Gasteiger partial charge in [0.15, 0.2) is 5.92 Å². The fourth-order valence-corrected chi connectivity index (χ4v) is 11.2. The van der Waals surface area contributed by atoms with Gasteiger partial charge in [0.2, 0.25) is 70.9 Å². The maximum Gasteiger partial charge on any atom is 0.317 e. The van der Waals surface area contributed by atoms with Gasteiger partial charge >= 0.3 is 11.9 Å². The van der Waals surface area contributed by atoms with Crippen molar-refractivity contribution in [2.45, 2.75) is 152 Å². The Morgan fingerprint density at radius 1 is 0.589 bits per heavy atom. The average molecular weight is 1300 g/mol. The maximum atomic E-state index is 14.8. The van der Waals surface area contributed by atoms with Gasteiger partial charge in [-0.25, -0.2) is 0 Å². The minimum absolute atomic E-state index is 0.0187. The van der Waals surface area contributed by atoms with E-state index >= 15 is 0 Å². The van der Waals surface area contributed by atoms with Crippen LogP contribution in [0.4, 0.5) is 0 Å². The molecular weight excluding hydrogens is 1220 g/mol. The summed E-state index contributed by atoms with van der Waals surface area (Å²) < 4.78 is 0. The second-order valence-corrected chi connectivity index (χ2v) is 24.8. The third-order valence-corrected chi connectivity index (χ3v) is 16.4. The summed E-state index contributed by atoms with van der Waals surface area (Å²) in [4.78, 5) is 192. The molecule has 0 bridgehead atoms. The zero-order chi connectivity index (χ0) is 67.0. The van der Waals surface area contributed by atoms with Gasteiger partial charge in [0.25, 0.3) is 0 Å². The zero-order valence-electron chi connectivity index (χ0n) is 50.6. The molecule has 0 radical (unpaired) electrons. The van der Waals surface area contributed by atoms with Gasteiger partial charge in [0.05, 0.1) is 18.7 Å². The van der Waals surface area contributed by atoms with Gasteiger partial charge in [-0.05, 0) is 84.9 Å². The van der Waals surface area contributed by atoms with Crippen LogP contribution in [0, 0.1) is 17.8 Å². The summed E-state index contributed by atoms with van der Waals surface area (Å²) in [5, 5.41) is 65.0.